The van der Waals surface area contributed by atoms with Crippen LogP contribution in [0.25, 0.3) is 11.3 Å². The SMILES string of the molecule is O=C1CCC[C@@H](C(=O)NCc2nc(-c3ccccc3F)cs2)N1. The third kappa shape index (κ3) is 3.73. The van der Waals surface area contributed by atoms with Crippen molar-refractivity contribution >= 4 is 23.2 Å². The molecule has 1 atom stereocenters. The van der Waals surface area contributed by atoms with Gasteiger partial charge in [-0.1, -0.05) is 12.1 Å². The minimum atomic E-state index is -0.470. The predicted molar refractivity (Wildman–Crippen MR) is 85.1 cm³/mol. The summed E-state index contributed by atoms with van der Waals surface area (Å²) in [5, 5.41) is 7.90. The lowest BCUT2D eigenvalue weighted by molar-refractivity contribution is -0.131. The number of nitrogens with zero attached hydrogens (tertiary/aromatic N) is 1. The number of hydrogen-bond donors (Lipinski definition) is 2. The van der Waals surface area contributed by atoms with Gasteiger partial charge in [-0.25, -0.2) is 9.37 Å². The first kappa shape index (κ1) is 15.6. The number of piperidine rings is 1. The van der Waals surface area contributed by atoms with Crippen molar-refractivity contribution < 1.29 is 14.0 Å². The van der Waals surface area contributed by atoms with E-state index in [2.05, 4.69) is 15.6 Å². The van der Waals surface area contributed by atoms with E-state index in [1.807, 2.05) is 0 Å². The standard InChI is InChI=1S/C16H16FN3O2S/c17-11-5-2-1-4-10(11)13-9-23-15(20-13)8-18-16(22)12-6-3-7-14(21)19-12/h1-2,4-5,9,12H,3,6-8H2,(H,18,22)(H,19,21)/t12-/m0/s1. The van der Waals surface area contributed by atoms with Crippen molar-refractivity contribution in [3.8, 4) is 11.3 Å². The van der Waals surface area contributed by atoms with E-state index >= 15 is 0 Å². The van der Waals surface area contributed by atoms with Crippen molar-refractivity contribution in [2.45, 2.75) is 31.8 Å². The molecule has 0 aliphatic carbocycles. The summed E-state index contributed by atoms with van der Waals surface area (Å²) in [6.45, 7) is 0.268. The number of amides is 2. The Hall–Kier alpha value is -2.28. The second kappa shape index (κ2) is 6.87. The molecule has 2 amide bonds. The van der Waals surface area contributed by atoms with Gasteiger partial charge in [0.15, 0.2) is 0 Å². The summed E-state index contributed by atoms with van der Waals surface area (Å²) < 4.78 is 13.7. The molecule has 1 aliphatic rings. The van der Waals surface area contributed by atoms with Crippen molar-refractivity contribution in [1.82, 2.24) is 15.6 Å². The molecule has 0 spiro atoms. The first-order valence-electron chi connectivity index (χ1n) is 7.40. The molecule has 0 saturated carbocycles. The molecule has 1 fully saturated rings. The maximum Gasteiger partial charge on any atom is 0.242 e. The number of halogens is 1. The van der Waals surface area contributed by atoms with Crippen LogP contribution in [0.15, 0.2) is 29.6 Å². The van der Waals surface area contributed by atoms with Gasteiger partial charge in [-0.2, -0.15) is 0 Å². The molecule has 3 rings (SSSR count). The molecule has 7 heteroatoms. The minimum absolute atomic E-state index is 0.0903. The zero-order chi connectivity index (χ0) is 16.2. The van der Waals surface area contributed by atoms with E-state index in [1.165, 1.54) is 17.4 Å². The summed E-state index contributed by atoms with van der Waals surface area (Å²) in [4.78, 5) is 27.7. The predicted octanol–water partition coefficient (Wildman–Crippen LogP) is 2.23. The zero-order valence-corrected chi connectivity index (χ0v) is 13.2. The van der Waals surface area contributed by atoms with Gasteiger partial charge in [-0.3, -0.25) is 9.59 Å². The maximum absolute atomic E-state index is 13.7. The smallest absolute Gasteiger partial charge is 0.242 e. The molecule has 0 bridgehead atoms. The summed E-state index contributed by atoms with van der Waals surface area (Å²) in [7, 11) is 0. The largest absolute Gasteiger partial charge is 0.348 e. The number of thiazole rings is 1. The summed E-state index contributed by atoms with van der Waals surface area (Å²) in [6, 6.07) is 5.98. The van der Waals surface area contributed by atoms with Crippen LogP contribution in [-0.4, -0.2) is 22.8 Å². The van der Waals surface area contributed by atoms with Crippen LogP contribution >= 0.6 is 11.3 Å². The average Bonchev–Trinajstić information content (AvgIpc) is 3.02. The highest BCUT2D eigenvalue weighted by Gasteiger charge is 2.24. The lowest BCUT2D eigenvalue weighted by Gasteiger charge is -2.22. The van der Waals surface area contributed by atoms with Gasteiger partial charge < -0.3 is 10.6 Å². The van der Waals surface area contributed by atoms with E-state index in [-0.39, 0.29) is 24.2 Å². The minimum Gasteiger partial charge on any atom is -0.348 e. The molecular formula is C16H16FN3O2S. The molecule has 2 N–H and O–H groups in total. The highest BCUT2D eigenvalue weighted by molar-refractivity contribution is 7.09. The van der Waals surface area contributed by atoms with Gasteiger partial charge >= 0.3 is 0 Å². The van der Waals surface area contributed by atoms with Crippen LogP contribution < -0.4 is 10.6 Å². The second-order valence-corrected chi connectivity index (χ2v) is 6.28. The van der Waals surface area contributed by atoms with E-state index in [9.17, 15) is 14.0 Å². The number of carbonyl (C=O) groups excluding carboxylic acids is 2. The quantitative estimate of drug-likeness (QED) is 0.901. The first-order valence-corrected chi connectivity index (χ1v) is 8.28. The van der Waals surface area contributed by atoms with Crippen molar-refractivity contribution in [2.24, 2.45) is 0 Å². The highest BCUT2D eigenvalue weighted by atomic mass is 32.1. The third-order valence-electron chi connectivity index (χ3n) is 3.66. The number of aromatic nitrogens is 1. The van der Waals surface area contributed by atoms with Crippen LogP contribution in [0.1, 0.15) is 24.3 Å². The number of carbonyl (C=O) groups is 2. The van der Waals surface area contributed by atoms with E-state index in [0.29, 0.717) is 29.1 Å². The first-order chi connectivity index (χ1) is 11.1. The van der Waals surface area contributed by atoms with Crippen molar-refractivity contribution in [3.05, 3.63) is 40.5 Å². The second-order valence-electron chi connectivity index (χ2n) is 5.34. The molecule has 2 heterocycles. The molecule has 1 aromatic carbocycles. The molecule has 1 aliphatic heterocycles. The van der Waals surface area contributed by atoms with Crippen molar-refractivity contribution in [2.75, 3.05) is 0 Å². The number of hydrogen-bond acceptors (Lipinski definition) is 4. The van der Waals surface area contributed by atoms with Crippen LogP contribution in [0, 0.1) is 5.82 Å². The number of rotatable bonds is 4. The van der Waals surface area contributed by atoms with E-state index in [1.54, 1.807) is 23.6 Å². The van der Waals surface area contributed by atoms with E-state index < -0.39 is 6.04 Å². The monoisotopic (exact) mass is 333 g/mol. The van der Waals surface area contributed by atoms with Crippen molar-refractivity contribution in [1.29, 1.82) is 0 Å². The number of nitrogens with one attached hydrogen (secondary N) is 2. The molecule has 1 saturated heterocycles. The van der Waals surface area contributed by atoms with Gasteiger partial charge in [-0.05, 0) is 25.0 Å². The summed E-state index contributed by atoms with van der Waals surface area (Å²) in [5.41, 5.74) is 1.00. The van der Waals surface area contributed by atoms with E-state index in [0.717, 1.165) is 6.42 Å². The Morgan fingerprint density at radius 2 is 2.26 bits per heavy atom. The molecular weight excluding hydrogens is 317 g/mol. The zero-order valence-electron chi connectivity index (χ0n) is 12.3. The van der Waals surface area contributed by atoms with Gasteiger partial charge in [0.25, 0.3) is 0 Å². The Labute approximate surface area is 136 Å². The van der Waals surface area contributed by atoms with Gasteiger partial charge in [0.1, 0.15) is 16.9 Å². The lowest BCUT2D eigenvalue weighted by Crippen LogP contribution is -2.48. The van der Waals surface area contributed by atoms with Gasteiger partial charge in [-0.15, -0.1) is 11.3 Å². The van der Waals surface area contributed by atoms with Gasteiger partial charge in [0, 0.05) is 17.4 Å². The molecule has 1 aromatic heterocycles. The van der Waals surface area contributed by atoms with Crippen LogP contribution in [0.5, 0.6) is 0 Å². The molecule has 5 nitrogen and oxygen atoms in total. The van der Waals surface area contributed by atoms with Crippen LogP contribution in [0.4, 0.5) is 4.39 Å². The Bertz CT molecular complexity index is 732. The van der Waals surface area contributed by atoms with Crippen LogP contribution in [0.3, 0.4) is 0 Å². The Morgan fingerprint density at radius 3 is 3.04 bits per heavy atom. The fourth-order valence-corrected chi connectivity index (χ4v) is 3.21. The fraction of sp³-hybridized carbons (Fsp3) is 0.312. The highest BCUT2D eigenvalue weighted by Crippen LogP contribution is 2.24. The van der Waals surface area contributed by atoms with Gasteiger partial charge in [0.2, 0.25) is 11.8 Å². The molecule has 0 radical (unpaired) electrons. The number of benzene rings is 1. The fourth-order valence-electron chi connectivity index (χ4n) is 2.47. The topological polar surface area (TPSA) is 71.1 Å². The summed E-state index contributed by atoms with van der Waals surface area (Å²) >= 11 is 1.36. The third-order valence-corrected chi connectivity index (χ3v) is 4.51. The van der Waals surface area contributed by atoms with Crippen molar-refractivity contribution in [3.63, 3.8) is 0 Å². The normalized spacial score (nSPS) is 17.6. The Morgan fingerprint density at radius 1 is 1.43 bits per heavy atom. The van der Waals surface area contributed by atoms with Crippen LogP contribution in [0.2, 0.25) is 0 Å². The van der Waals surface area contributed by atoms with E-state index in [4.69, 9.17) is 0 Å². The average molecular weight is 333 g/mol. The summed E-state index contributed by atoms with van der Waals surface area (Å²) in [6.07, 6.45) is 1.84. The molecule has 0 unspecified atom stereocenters. The van der Waals surface area contributed by atoms with Crippen LogP contribution in [-0.2, 0) is 16.1 Å². The van der Waals surface area contributed by atoms with Gasteiger partial charge in [0.05, 0.1) is 12.2 Å². The molecule has 23 heavy (non-hydrogen) atoms. The summed E-state index contributed by atoms with van der Waals surface area (Å²) in [5.74, 6) is -0.619. The molecule has 2 aromatic rings. The Kier molecular flexibility index (Phi) is 4.66. The maximum atomic E-state index is 13.7. The lowest BCUT2D eigenvalue weighted by atomic mass is 10.0. The Balaban J connectivity index is 1.60. The molecule has 120 valence electrons.